The molecule has 0 saturated carbocycles. The number of imidazole rings is 1. The number of ketones is 1. The molecule has 0 saturated heterocycles. The Hall–Kier alpha value is -2.94. The van der Waals surface area contributed by atoms with Crippen LogP contribution < -0.4 is 5.32 Å². The highest BCUT2D eigenvalue weighted by atomic mass is 32.1. The fourth-order valence-electron chi connectivity index (χ4n) is 4.87. The van der Waals surface area contributed by atoms with E-state index in [0.29, 0.717) is 24.5 Å². The van der Waals surface area contributed by atoms with Crippen molar-refractivity contribution >= 4 is 49.7 Å². The van der Waals surface area contributed by atoms with Gasteiger partial charge in [-0.2, -0.15) is 0 Å². The number of fused-ring (bicyclic) bond motifs is 3. The van der Waals surface area contributed by atoms with Gasteiger partial charge in [-0.25, -0.2) is 9.97 Å². The Balaban J connectivity index is 1.16. The highest BCUT2D eigenvalue weighted by molar-refractivity contribution is 7.22. The molecule has 0 aliphatic carbocycles. The summed E-state index contributed by atoms with van der Waals surface area (Å²) in [4.78, 5) is 32.9. The Bertz CT molecular complexity index is 1450. The Morgan fingerprint density at radius 3 is 2.94 bits per heavy atom. The van der Waals surface area contributed by atoms with Gasteiger partial charge in [0.15, 0.2) is 0 Å². The smallest absolute Gasteiger partial charge is 0.138 e. The molecule has 1 aliphatic rings. The van der Waals surface area contributed by atoms with Crippen LogP contribution in [0.5, 0.6) is 0 Å². The maximum absolute atomic E-state index is 13.1. The molecule has 0 radical (unpaired) electrons. The fraction of sp³-hybridized carbons (Fsp3) is 0.333. The maximum atomic E-state index is 13.1. The van der Waals surface area contributed by atoms with Crippen molar-refractivity contribution in [2.24, 2.45) is 0 Å². The third-order valence-electron chi connectivity index (χ3n) is 6.73. The lowest BCUT2D eigenvalue weighted by atomic mass is 9.98. The fourth-order valence-corrected chi connectivity index (χ4v) is 7.32. The molecule has 1 atom stereocenters. The number of hydrogen-bond donors (Lipinski definition) is 2. The van der Waals surface area contributed by atoms with Gasteiger partial charge in [0.1, 0.15) is 22.1 Å². The van der Waals surface area contributed by atoms with E-state index in [2.05, 4.69) is 28.3 Å². The van der Waals surface area contributed by atoms with Crippen molar-refractivity contribution in [2.45, 2.75) is 51.5 Å². The molecule has 1 aliphatic heterocycles. The number of carbonyl (C=O) groups is 1. The summed E-state index contributed by atoms with van der Waals surface area (Å²) in [5.74, 6) is 1.60. The van der Waals surface area contributed by atoms with E-state index in [0.717, 1.165) is 64.4 Å². The van der Waals surface area contributed by atoms with Gasteiger partial charge in [0, 0.05) is 46.8 Å². The molecule has 1 unspecified atom stereocenters. The van der Waals surface area contributed by atoms with Gasteiger partial charge < -0.3 is 10.3 Å². The summed E-state index contributed by atoms with van der Waals surface area (Å²) in [5, 5.41) is 4.50. The van der Waals surface area contributed by atoms with E-state index >= 15 is 0 Å². The van der Waals surface area contributed by atoms with Gasteiger partial charge in [-0.1, -0.05) is 19.1 Å². The molecule has 0 fully saturated rings. The number of nitrogens with zero attached hydrogens (tertiary/aromatic N) is 3. The monoisotopic (exact) mass is 501 g/mol. The van der Waals surface area contributed by atoms with E-state index in [1.165, 1.54) is 20.9 Å². The molecule has 178 valence electrons. The first-order chi connectivity index (χ1) is 17.2. The zero-order chi connectivity index (χ0) is 23.8. The summed E-state index contributed by atoms with van der Waals surface area (Å²) in [5.41, 5.74) is 5.58. The predicted molar refractivity (Wildman–Crippen MR) is 143 cm³/mol. The molecule has 5 heterocycles. The van der Waals surface area contributed by atoms with Crippen molar-refractivity contribution in [1.82, 2.24) is 25.3 Å². The Kier molecular flexibility index (Phi) is 6.18. The molecule has 0 amide bonds. The lowest BCUT2D eigenvalue weighted by Crippen LogP contribution is -2.22. The van der Waals surface area contributed by atoms with Gasteiger partial charge in [0.05, 0.1) is 21.9 Å². The average molecular weight is 502 g/mol. The molecule has 6 rings (SSSR count). The van der Waals surface area contributed by atoms with Crippen LogP contribution in [0.4, 0.5) is 0 Å². The van der Waals surface area contributed by atoms with Crippen LogP contribution in [-0.2, 0) is 24.2 Å². The molecule has 0 bridgehead atoms. The second-order valence-corrected chi connectivity index (χ2v) is 11.5. The van der Waals surface area contributed by atoms with Gasteiger partial charge in [-0.05, 0) is 49.6 Å². The van der Waals surface area contributed by atoms with Gasteiger partial charge >= 0.3 is 0 Å². The molecular weight excluding hydrogens is 474 g/mol. The summed E-state index contributed by atoms with van der Waals surface area (Å²) in [6, 6.07) is 10.1. The number of Topliss-reactive ketones (excluding diaryl/α,β-unsaturated/α-hetero) is 1. The highest BCUT2D eigenvalue weighted by Crippen LogP contribution is 2.42. The van der Waals surface area contributed by atoms with Crippen molar-refractivity contribution in [1.29, 1.82) is 0 Å². The van der Waals surface area contributed by atoms with Crippen LogP contribution in [0.1, 0.15) is 53.2 Å². The molecule has 6 nitrogen and oxygen atoms in total. The molecule has 2 N–H and O–H groups in total. The number of rotatable bonds is 8. The summed E-state index contributed by atoms with van der Waals surface area (Å²) in [6.45, 7) is 4.03. The van der Waals surface area contributed by atoms with E-state index in [4.69, 9.17) is 9.97 Å². The number of benzene rings is 1. The minimum atomic E-state index is 0.294. The Labute approximate surface area is 211 Å². The van der Waals surface area contributed by atoms with Crippen LogP contribution in [0.2, 0.25) is 0 Å². The van der Waals surface area contributed by atoms with Gasteiger partial charge in [-0.15, -0.1) is 22.7 Å². The SMILES string of the molecule is CC(CCCC(=O)Cc1sc2c(c1-c1nc3cnccc3s1)CCNC2)c1nc2ccccc2[nH]1. The quantitative estimate of drug-likeness (QED) is 0.271. The minimum Gasteiger partial charge on any atom is -0.342 e. The Morgan fingerprint density at radius 1 is 1.14 bits per heavy atom. The van der Waals surface area contributed by atoms with E-state index in [-0.39, 0.29) is 0 Å². The van der Waals surface area contributed by atoms with E-state index in [1.807, 2.05) is 36.7 Å². The number of nitrogens with one attached hydrogen (secondary N) is 2. The maximum Gasteiger partial charge on any atom is 0.138 e. The second kappa shape index (κ2) is 9.60. The largest absolute Gasteiger partial charge is 0.342 e. The van der Waals surface area contributed by atoms with Crippen molar-refractivity contribution in [3.8, 4) is 10.6 Å². The van der Waals surface area contributed by atoms with Crippen LogP contribution in [0.15, 0.2) is 42.7 Å². The van der Waals surface area contributed by atoms with Crippen molar-refractivity contribution in [3.05, 3.63) is 63.9 Å². The minimum absolute atomic E-state index is 0.294. The molecule has 35 heavy (non-hydrogen) atoms. The van der Waals surface area contributed by atoms with Crippen molar-refractivity contribution < 1.29 is 4.79 Å². The first kappa shape index (κ1) is 22.5. The number of H-pyrrole nitrogens is 1. The van der Waals surface area contributed by atoms with E-state index < -0.39 is 0 Å². The van der Waals surface area contributed by atoms with Crippen LogP contribution in [0, 0.1) is 0 Å². The molecule has 0 spiro atoms. The van der Waals surface area contributed by atoms with Crippen LogP contribution in [0.3, 0.4) is 0 Å². The number of thiazole rings is 1. The van der Waals surface area contributed by atoms with Crippen LogP contribution >= 0.6 is 22.7 Å². The number of aromatic nitrogens is 4. The normalized spacial score (nSPS) is 14.4. The number of thiophene rings is 1. The third-order valence-corrected chi connectivity index (χ3v) is 9.02. The third kappa shape index (κ3) is 4.53. The van der Waals surface area contributed by atoms with Crippen molar-refractivity contribution in [3.63, 3.8) is 0 Å². The average Bonchev–Trinajstić information content (AvgIpc) is 3.57. The molecule has 8 heteroatoms. The summed E-state index contributed by atoms with van der Waals surface area (Å²) in [7, 11) is 0. The van der Waals surface area contributed by atoms with E-state index in [9.17, 15) is 4.79 Å². The molecular formula is C27H27N5OS2. The van der Waals surface area contributed by atoms with Crippen LogP contribution in [-0.4, -0.2) is 32.3 Å². The first-order valence-electron chi connectivity index (χ1n) is 12.2. The highest BCUT2D eigenvalue weighted by Gasteiger charge is 2.25. The zero-order valence-electron chi connectivity index (χ0n) is 19.6. The predicted octanol–water partition coefficient (Wildman–Crippen LogP) is 6.03. The number of hydrogen-bond acceptors (Lipinski definition) is 7. The molecule has 5 aromatic rings. The van der Waals surface area contributed by atoms with Gasteiger partial charge in [-0.3, -0.25) is 9.78 Å². The van der Waals surface area contributed by atoms with E-state index in [1.54, 1.807) is 22.7 Å². The number of para-hydroxylation sites is 2. The van der Waals surface area contributed by atoms with Crippen molar-refractivity contribution in [2.75, 3.05) is 6.54 Å². The molecule has 4 aromatic heterocycles. The first-order valence-corrected chi connectivity index (χ1v) is 13.8. The summed E-state index contributed by atoms with van der Waals surface area (Å²) in [6.07, 6.45) is 7.51. The lowest BCUT2D eigenvalue weighted by Gasteiger charge is -2.13. The summed E-state index contributed by atoms with van der Waals surface area (Å²) >= 11 is 3.49. The zero-order valence-corrected chi connectivity index (χ0v) is 21.3. The number of aromatic amines is 1. The number of carbonyl (C=O) groups excluding carboxylic acids is 1. The lowest BCUT2D eigenvalue weighted by molar-refractivity contribution is -0.118. The van der Waals surface area contributed by atoms with Crippen LogP contribution in [0.25, 0.3) is 31.8 Å². The second-order valence-electron chi connectivity index (χ2n) is 9.24. The Morgan fingerprint density at radius 2 is 2.06 bits per heavy atom. The van der Waals surface area contributed by atoms with Gasteiger partial charge in [0.2, 0.25) is 0 Å². The van der Waals surface area contributed by atoms with Gasteiger partial charge in [0.25, 0.3) is 0 Å². The topological polar surface area (TPSA) is 83.6 Å². The molecule has 1 aromatic carbocycles. The number of pyridine rings is 1. The standard InChI is InChI=1S/C27H27N5OS2/c1-16(26-30-19-7-2-3-8-20(19)31-26)5-4-6-17(33)13-23-25(18-9-11-29-15-24(18)34-23)27-32-21-14-28-12-10-22(21)35-27/h2-3,7-8,10,12,14,16,29H,4-6,9,11,13,15H2,1H3,(H,30,31). The summed E-state index contributed by atoms with van der Waals surface area (Å²) < 4.78 is 1.14.